The van der Waals surface area contributed by atoms with Crippen LogP contribution >= 0.6 is 0 Å². The summed E-state index contributed by atoms with van der Waals surface area (Å²) in [5.41, 5.74) is 0. The van der Waals surface area contributed by atoms with Gasteiger partial charge in [-0.1, -0.05) is 20.3 Å². The smallest absolute Gasteiger partial charge is 0.120 e. The van der Waals surface area contributed by atoms with E-state index in [2.05, 4.69) is 20.3 Å². The second-order valence-electron chi connectivity index (χ2n) is 2.37. The summed E-state index contributed by atoms with van der Waals surface area (Å²) in [5.74, 6) is 0.671. The number of hydrogen-bond donors (Lipinski definition) is 0. The van der Waals surface area contributed by atoms with E-state index in [1.807, 2.05) is 0 Å². The molecule has 0 heterocycles. The minimum absolute atomic E-state index is 0.671. The molecule has 0 aromatic rings. The lowest BCUT2D eigenvalue weighted by Crippen LogP contribution is -1.92. The van der Waals surface area contributed by atoms with Crippen LogP contribution in [0.5, 0.6) is 0 Å². The van der Waals surface area contributed by atoms with Gasteiger partial charge in [0, 0.05) is 6.42 Å². The fourth-order valence-corrected chi connectivity index (χ4v) is 0.615. The highest BCUT2D eigenvalue weighted by Gasteiger charge is 1.96. The van der Waals surface area contributed by atoms with Crippen molar-refractivity contribution in [2.45, 2.75) is 33.1 Å². The van der Waals surface area contributed by atoms with Crippen molar-refractivity contribution in [2.75, 3.05) is 0 Å². The SMILES string of the molecule is CCC(C)[CH]CCC=O. The zero-order chi connectivity index (χ0) is 7.11. The summed E-state index contributed by atoms with van der Waals surface area (Å²) in [6.07, 6.45) is 5.98. The van der Waals surface area contributed by atoms with Crippen LogP contribution in [-0.4, -0.2) is 6.29 Å². The van der Waals surface area contributed by atoms with Gasteiger partial charge in [-0.05, 0) is 18.8 Å². The molecular formula is C8H15O. The summed E-state index contributed by atoms with van der Waals surface area (Å²) in [6.45, 7) is 4.33. The Hall–Kier alpha value is -0.330. The van der Waals surface area contributed by atoms with Gasteiger partial charge in [0.2, 0.25) is 0 Å². The average Bonchev–Trinajstić information content (AvgIpc) is 1.89. The van der Waals surface area contributed by atoms with Gasteiger partial charge >= 0.3 is 0 Å². The van der Waals surface area contributed by atoms with Gasteiger partial charge < -0.3 is 4.79 Å². The molecule has 1 nitrogen and oxygen atoms in total. The van der Waals surface area contributed by atoms with E-state index in [1.165, 1.54) is 6.42 Å². The molecule has 0 amide bonds. The van der Waals surface area contributed by atoms with Crippen LogP contribution in [0.3, 0.4) is 0 Å². The molecule has 0 aliphatic rings. The van der Waals surface area contributed by atoms with Crippen LogP contribution in [0.2, 0.25) is 0 Å². The van der Waals surface area contributed by atoms with Crippen molar-refractivity contribution < 1.29 is 4.79 Å². The molecule has 0 bridgehead atoms. The quantitative estimate of drug-likeness (QED) is 0.409. The zero-order valence-electron chi connectivity index (χ0n) is 6.26. The normalized spacial score (nSPS) is 13.1. The average molecular weight is 127 g/mol. The second-order valence-corrected chi connectivity index (χ2v) is 2.37. The van der Waals surface area contributed by atoms with Gasteiger partial charge in [-0.3, -0.25) is 0 Å². The lowest BCUT2D eigenvalue weighted by Gasteiger charge is -2.03. The molecule has 1 heteroatoms. The van der Waals surface area contributed by atoms with Gasteiger partial charge in [0.05, 0.1) is 0 Å². The molecule has 53 valence electrons. The number of carbonyl (C=O) groups is 1. The lowest BCUT2D eigenvalue weighted by atomic mass is 10.0. The summed E-state index contributed by atoms with van der Waals surface area (Å²) < 4.78 is 0. The number of hydrogen-bond acceptors (Lipinski definition) is 1. The fourth-order valence-electron chi connectivity index (χ4n) is 0.615. The fraction of sp³-hybridized carbons (Fsp3) is 0.750. The highest BCUT2D eigenvalue weighted by Crippen LogP contribution is 2.08. The van der Waals surface area contributed by atoms with Crippen LogP contribution < -0.4 is 0 Å². The minimum atomic E-state index is 0.671. The molecule has 0 saturated carbocycles. The summed E-state index contributed by atoms with van der Waals surface area (Å²) in [7, 11) is 0. The second kappa shape index (κ2) is 5.80. The van der Waals surface area contributed by atoms with Crippen molar-refractivity contribution in [1.29, 1.82) is 0 Å². The monoisotopic (exact) mass is 127 g/mol. The van der Waals surface area contributed by atoms with Crippen molar-refractivity contribution >= 4 is 6.29 Å². The molecule has 0 rings (SSSR count). The van der Waals surface area contributed by atoms with Crippen molar-refractivity contribution in [3.05, 3.63) is 6.42 Å². The number of rotatable bonds is 5. The van der Waals surface area contributed by atoms with Crippen LogP contribution in [0.25, 0.3) is 0 Å². The van der Waals surface area contributed by atoms with E-state index in [9.17, 15) is 4.79 Å². The first-order valence-corrected chi connectivity index (χ1v) is 3.58. The number of unbranched alkanes of at least 4 members (excludes halogenated alkanes) is 1. The van der Waals surface area contributed by atoms with E-state index in [4.69, 9.17) is 0 Å². The molecule has 0 aromatic heterocycles. The molecule has 1 radical (unpaired) electrons. The third kappa shape index (κ3) is 5.54. The number of carbonyl (C=O) groups excluding carboxylic acids is 1. The van der Waals surface area contributed by atoms with Gasteiger partial charge in [0.25, 0.3) is 0 Å². The third-order valence-electron chi connectivity index (χ3n) is 1.50. The van der Waals surface area contributed by atoms with Gasteiger partial charge in [-0.15, -0.1) is 0 Å². The largest absolute Gasteiger partial charge is 0.303 e. The molecule has 0 saturated heterocycles. The first kappa shape index (κ1) is 8.67. The molecule has 0 spiro atoms. The first-order valence-electron chi connectivity index (χ1n) is 3.58. The van der Waals surface area contributed by atoms with E-state index in [1.54, 1.807) is 0 Å². The Balaban J connectivity index is 2.96. The summed E-state index contributed by atoms with van der Waals surface area (Å²) in [4.78, 5) is 9.85. The van der Waals surface area contributed by atoms with Crippen LogP contribution in [0, 0.1) is 12.3 Å². The Labute approximate surface area is 57.5 Å². The van der Waals surface area contributed by atoms with Gasteiger partial charge in [0.1, 0.15) is 6.29 Å². The van der Waals surface area contributed by atoms with Crippen LogP contribution in [-0.2, 0) is 4.79 Å². The molecule has 0 aliphatic carbocycles. The Morgan fingerprint density at radius 2 is 2.11 bits per heavy atom. The first-order chi connectivity index (χ1) is 4.31. The maximum absolute atomic E-state index is 9.85. The van der Waals surface area contributed by atoms with Crippen molar-refractivity contribution in [1.82, 2.24) is 0 Å². The molecule has 0 N–H and O–H groups in total. The molecule has 0 aromatic carbocycles. The number of aldehydes is 1. The Morgan fingerprint density at radius 3 is 2.56 bits per heavy atom. The Morgan fingerprint density at radius 1 is 1.44 bits per heavy atom. The van der Waals surface area contributed by atoms with E-state index >= 15 is 0 Å². The van der Waals surface area contributed by atoms with E-state index in [-0.39, 0.29) is 0 Å². The van der Waals surface area contributed by atoms with Gasteiger partial charge in [-0.2, -0.15) is 0 Å². The highest BCUT2D eigenvalue weighted by atomic mass is 16.1. The van der Waals surface area contributed by atoms with Gasteiger partial charge in [-0.25, -0.2) is 0 Å². The maximum atomic E-state index is 9.85. The molecule has 1 atom stereocenters. The van der Waals surface area contributed by atoms with E-state index < -0.39 is 0 Å². The lowest BCUT2D eigenvalue weighted by molar-refractivity contribution is -0.107. The van der Waals surface area contributed by atoms with Crippen LogP contribution in [0.4, 0.5) is 0 Å². The predicted molar refractivity (Wildman–Crippen MR) is 39.1 cm³/mol. The standard InChI is InChI=1S/C8H15O/c1-3-8(2)6-4-5-7-9/h6-8H,3-5H2,1-2H3. The van der Waals surface area contributed by atoms with Crippen molar-refractivity contribution in [2.24, 2.45) is 5.92 Å². The zero-order valence-corrected chi connectivity index (χ0v) is 6.26. The highest BCUT2D eigenvalue weighted by molar-refractivity contribution is 5.49. The summed E-state index contributed by atoms with van der Waals surface area (Å²) >= 11 is 0. The van der Waals surface area contributed by atoms with E-state index in [0.29, 0.717) is 12.3 Å². The van der Waals surface area contributed by atoms with Gasteiger partial charge in [0.15, 0.2) is 0 Å². The molecule has 0 fully saturated rings. The maximum Gasteiger partial charge on any atom is 0.120 e. The summed E-state index contributed by atoms with van der Waals surface area (Å²) in [5, 5.41) is 0. The predicted octanol–water partition coefficient (Wildman–Crippen LogP) is 2.22. The molecule has 0 aliphatic heterocycles. The third-order valence-corrected chi connectivity index (χ3v) is 1.50. The van der Waals surface area contributed by atoms with Crippen molar-refractivity contribution in [3.8, 4) is 0 Å². The Kier molecular flexibility index (Phi) is 5.59. The van der Waals surface area contributed by atoms with Crippen molar-refractivity contribution in [3.63, 3.8) is 0 Å². The Bertz CT molecular complexity index is 69.0. The van der Waals surface area contributed by atoms with E-state index in [0.717, 1.165) is 12.7 Å². The molecule has 1 unspecified atom stereocenters. The van der Waals surface area contributed by atoms with Crippen LogP contribution in [0.1, 0.15) is 33.1 Å². The molecular weight excluding hydrogens is 112 g/mol. The summed E-state index contributed by atoms with van der Waals surface area (Å²) in [6, 6.07) is 0. The topological polar surface area (TPSA) is 17.1 Å². The molecule has 9 heavy (non-hydrogen) atoms. The minimum Gasteiger partial charge on any atom is -0.303 e. The van der Waals surface area contributed by atoms with Crippen LogP contribution in [0.15, 0.2) is 0 Å².